The first-order valence-corrected chi connectivity index (χ1v) is 5.89. The molecule has 15 heavy (non-hydrogen) atoms. The Kier molecular flexibility index (Phi) is 2.98. The average Bonchev–Trinajstić information content (AvgIpc) is 2.68. The first-order valence-electron chi connectivity index (χ1n) is 4.84. The maximum atomic E-state index is 10.8. The van der Waals surface area contributed by atoms with E-state index in [-0.39, 0.29) is 5.37 Å². The van der Waals surface area contributed by atoms with Gasteiger partial charge in [-0.05, 0) is 12.5 Å². The van der Waals surface area contributed by atoms with Gasteiger partial charge < -0.3 is 5.11 Å². The van der Waals surface area contributed by atoms with E-state index in [0.717, 1.165) is 5.56 Å². The van der Waals surface area contributed by atoms with Gasteiger partial charge in [-0.15, -0.1) is 11.8 Å². The largest absolute Gasteiger partial charge is 0.480 e. The van der Waals surface area contributed by atoms with E-state index in [1.54, 1.807) is 11.8 Å². The molecule has 0 amide bonds. The van der Waals surface area contributed by atoms with Crippen molar-refractivity contribution in [3.63, 3.8) is 0 Å². The number of carbonyl (C=O) groups is 1. The normalized spacial score (nSPS) is 25.4. The Labute approximate surface area is 92.9 Å². The number of hydrogen-bond acceptors (Lipinski definition) is 3. The highest BCUT2D eigenvalue weighted by molar-refractivity contribution is 7.99. The summed E-state index contributed by atoms with van der Waals surface area (Å²) in [6, 6.07) is 7.77. The van der Waals surface area contributed by atoms with Crippen LogP contribution < -0.4 is 5.32 Å². The highest BCUT2D eigenvalue weighted by Gasteiger charge is 2.29. The predicted molar refractivity (Wildman–Crippen MR) is 60.9 cm³/mol. The summed E-state index contributed by atoms with van der Waals surface area (Å²) in [5.41, 5.74) is 2.37. The number of hydrogen-bond donors (Lipinski definition) is 2. The van der Waals surface area contributed by atoms with Crippen molar-refractivity contribution in [1.82, 2.24) is 5.32 Å². The van der Waals surface area contributed by atoms with Crippen LogP contribution in [0.4, 0.5) is 0 Å². The molecule has 1 aliphatic heterocycles. The highest BCUT2D eigenvalue weighted by Crippen LogP contribution is 2.32. The van der Waals surface area contributed by atoms with Gasteiger partial charge in [0.2, 0.25) is 0 Å². The molecule has 0 bridgehead atoms. The van der Waals surface area contributed by atoms with Crippen LogP contribution in [-0.4, -0.2) is 22.9 Å². The summed E-state index contributed by atoms with van der Waals surface area (Å²) in [6.07, 6.45) is 0. The Morgan fingerprint density at radius 3 is 2.67 bits per heavy atom. The van der Waals surface area contributed by atoms with E-state index in [2.05, 4.69) is 5.32 Å². The lowest BCUT2D eigenvalue weighted by molar-refractivity contribution is -0.138. The molecule has 1 aliphatic rings. The summed E-state index contributed by atoms with van der Waals surface area (Å²) >= 11 is 1.65. The van der Waals surface area contributed by atoms with Crippen LogP contribution in [0.25, 0.3) is 0 Å². The number of thioether (sulfide) groups is 1. The van der Waals surface area contributed by atoms with Crippen LogP contribution in [0.15, 0.2) is 24.3 Å². The zero-order valence-electron chi connectivity index (χ0n) is 8.43. The highest BCUT2D eigenvalue weighted by atomic mass is 32.2. The lowest BCUT2D eigenvalue weighted by atomic mass is 10.1. The summed E-state index contributed by atoms with van der Waals surface area (Å²) in [7, 11) is 0. The molecule has 2 atom stereocenters. The lowest BCUT2D eigenvalue weighted by Crippen LogP contribution is -2.33. The Hall–Kier alpha value is -1.00. The quantitative estimate of drug-likeness (QED) is 0.802. The van der Waals surface area contributed by atoms with E-state index in [1.165, 1.54) is 5.56 Å². The number of nitrogens with one attached hydrogen (secondary N) is 1. The van der Waals surface area contributed by atoms with Crippen molar-refractivity contribution in [2.24, 2.45) is 0 Å². The predicted octanol–water partition coefficient (Wildman–Crippen LogP) is 1.78. The van der Waals surface area contributed by atoms with Crippen LogP contribution in [0.1, 0.15) is 16.5 Å². The molecule has 1 fully saturated rings. The topological polar surface area (TPSA) is 49.3 Å². The van der Waals surface area contributed by atoms with Gasteiger partial charge in [-0.2, -0.15) is 0 Å². The minimum atomic E-state index is -0.767. The van der Waals surface area contributed by atoms with E-state index in [4.69, 9.17) is 5.11 Å². The molecule has 1 aromatic carbocycles. The van der Waals surface area contributed by atoms with Gasteiger partial charge >= 0.3 is 5.97 Å². The Bertz CT molecular complexity index is 363. The molecule has 1 aromatic rings. The molecule has 3 nitrogen and oxygen atoms in total. The number of aryl methyl sites for hydroxylation is 1. The smallest absolute Gasteiger partial charge is 0.321 e. The minimum Gasteiger partial charge on any atom is -0.480 e. The maximum Gasteiger partial charge on any atom is 0.321 e. The molecule has 2 N–H and O–H groups in total. The molecule has 0 spiro atoms. The molecular formula is C11H13NO2S. The average molecular weight is 223 g/mol. The van der Waals surface area contributed by atoms with Crippen LogP contribution >= 0.6 is 11.8 Å². The summed E-state index contributed by atoms with van der Waals surface area (Å²) in [4.78, 5) is 10.8. The van der Waals surface area contributed by atoms with E-state index in [1.807, 2.05) is 31.2 Å². The molecule has 80 valence electrons. The van der Waals surface area contributed by atoms with Gasteiger partial charge in [0.05, 0.1) is 5.37 Å². The third-order valence-corrected chi connectivity index (χ3v) is 3.73. The second-order valence-electron chi connectivity index (χ2n) is 3.68. The van der Waals surface area contributed by atoms with E-state index < -0.39 is 12.0 Å². The first kappa shape index (κ1) is 10.5. The van der Waals surface area contributed by atoms with Gasteiger partial charge in [0.15, 0.2) is 0 Å². The fourth-order valence-electron chi connectivity index (χ4n) is 1.55. The molecule has 4 heteroatoms. The number of carboxylic acids is 1. The fraction of sp³-hybridized carbons (Fsp3) is 0.364. The molecule has 1 unspecified atom stereocenters. The van der Waals surface area contributed by atoms with Crippen molar-refractivity contribution >= 4 is 17.7 Å². The van der Waals surface area contributed by atoms with Gasteiger partial charge in [0, 0.05) is 5.75 Å². The molecule has 0 aromatic heterocycles. The van der Waals surface area contributed by atoms with Crippen molar-refractivity contribution < 1.29 is 9.90 Å². The Morgan fingerprint density at radius 2 is 2.13 bits per heavy atom. The lowest BCUT2D eigenvalue weighted by Gasteiger charge is -2.11. The third kappa shape index (κ3) is 2.33. The van der Waals surface area contributed by atoms with Crippen LogP contribution in [0, 0.1) is 6.92 Å². The van der Waals surface area contributed by atoms with Crippen LogP contribution in [0.5, 0.6) is 0 Å². The second kappa shape index (κ2) is 4.24. The van der Waals surface area contributed by atoms with Gasteiger partial charge in [0.1, 0.15) is 6.04 Å². The molecule has 1 heterocycles. The van der Waals surface area contributed by atoms with E-state index >= 15 is 0 Å². The third-order valence-electron chi connectivity index (χ3n) is 2.46. The number of benzene rings is 1. The molecule has 2 rings (SSSR count). The van der Waals surface area contributed by atoms with Crippen molar-refractivity contribution in [2.45, 2.75) is 18.3 Å². The first-order chi connectivity index (χ1) is 7.16. The molecule has 0 aliphatic carbocycles. The van der Waals surface area contributed by atoms with Crippen molar-refractivity contribution in [3.8, 4) is 0 Å². The van der Waals surface area contributed by atoms with Gasteiger partial charge in [0.25, 0.3) is 0 Å². The van der Waals surface area contributed by atoms with Crippen molar-refractivity contribution in [2.75, 3.05) is 5.75 Å². The van der Waals surface area contributed by atoms with Crippen molar-refractivity contribution in [3.05, 3.63) is 35.4 Å². The van der Waals surface area contributed by atoms with Crippen LogP contribution in [-0.2, 0) is 4.79 Å². The monoisotopic (exact) mass is 223 g/mol. The van der Waals surface area contributed by atoms with Crippen LogP contribution in [0.3, 0.4) is 0 Å². The summed E-state index contributed by atoms with van der Waals surface area (Å²) < 4.78 is 0. The molecule has 1 saturated heterocycles. The van der Waals surface area contributed by atoms with Gasteiger partial charge in [-0.3, -0.25) is 10.1 Å². The number of carboxylic acid groups (broad SMARTS) is 1. The Balaban J connectivity index is 2.07. The molecule has 0 saturated carbocycles. The summed E-state index contributed by atoms with van der Waals surface area (Å²) in [5, 5.41) is 12.1. The second-order valence-corrected chi connectivity index (χ2v) is 4.82. The minimum absolute atomic E-state index is 0.117. The SMILES string of the molecule is Cc1ccc(C2N[C@H](C(=O)O)CS2)cc1. The summed E-state index contributed by atoms with van der Waals surface area (Å²) in [6.45, 7) is 2.04. The fourth-order valence-corrected chi connectivity index (χ4v) is 2.78. The van der Waals surface area contributed by atoms with Gasteiger partial charge in [-0.25, -0.2) is 0 Å². The van der Waals surface area contributed by atoms with Gasteiger partial charge in [-0.1, -0.05) is 29.8 Å². The Morgan fingerprint density at radius 1 is 1.47 bits per heavy atom. The van der Waals surface area contributed by atoms with Crippen LogP contribution in [0.2, 0.25) is 0 Å². The van der Waals surface area contributed by atoms with Crippen molar-refractivity contribution in [1.29, 1.82) is 0 Å². The zero-order valence-corrected chi connectivity index (χ0v) is 9.25. The van der Waals surface area contributed by atoms with E-state index in [9.17, 15) is 4.79 Å². The van der Waals surface area contributed by atoms with E-state index in [0.29, 0.717) is 5.75 Å². The maximum absolute atomic E-state index is 10.8. The number of rotatable bonds is 2. The standard InChI is InChI=1S/C11H13NO2S/c1-7-2-4-8(5-3-7)10-12-9(6-15-10)11(13)14/h2-5,9-10,12H,6H2,1H3,(H,13,14)/t9-,10?/m0/s1. The zero-order chi connectivity index (χ0) is 10.8. The molecule has 0 radical (unpaired) electrons. The summed E-state index contributed by atoms with van der Waals surface area (Å²) in [5.74, 6) is -0.134. The number of aliphatic carboxylic acids is 1. The molecular weight excluding hydrogens is 210 g/mol.